The number of carbonyl (C=O) groups is 1. The first kappa shape index (κ1) is 17.8. The van der Waals surface area contributed by atoms with Gasteiger partial charge >= 0.3 is 5.97 Å². The molecule has 0 saturated carbocycles. The van der Waals surface area contributed by atoms with Crippen LogP contribution in [0.2, 0.25) is 0 Å². The van der Waals surface area contributed by atoms with E-state index in [0.29, 0.717) is 0 Å². The SMILES string of the molecule is Cc1ccc(S(=O)(=O)c2cc(O)c(O)cc2C[C@H](N)C(=O)O)cc1. The number of carboxylic acids is 1. The summed E-state index contributed by atoms with van der Waals surface area (Å²) in [7, 11) is -4.02. The standard InChI is InChI=1S/C16H17NO6S/c1-9-2-4-11(5-3-9)24(22,23)15-8-14(19)13(18)7-10(15)6-12(17)16(20)21/h2-5,7-8,12,18-19H,6,17H2,1H3,(H,20,21)/t12-/m0/s1. The van der Waals surface area contributed by atoms with Gasteiger partial charge in [0.25, 0.3) is 0 Å². The second kappa shape index (κ2) is 6.50. The van der Waals surface area contributed by atoms with E-state index in [1.54, 1.807) is 19.1 Å². The van der Waals surface area contributed by atoms with Crippen LogP contribution in [0, 0.1) is 6.92 Å². The monoisotopic (exact) mass is 351 g/mol. The Morgan fingerprint density at radius 2 is 1.67 bits per heavy atom. The average Bonchev–Trinajstić information content (AvgIpc) is 2.50. The highest BCUT2D eigenvalue weighted by atomic mass is 32.2. The summed E-state index contributed by atoms with van der Waals surface area (Å²) in [4.78, 5) is 10.6. The van der Waals surface area contributed by atoms with E-state index < -0.39 is 33.3 Å². The molecule has 0 aromatic heterocycles. The Labute approximate surface area is 138 Å². The Hall–Kier alpha value is -2.58. The maximum absolute atomic E-state index is 12.8. The molecule has 8 heteroatoms. The molecule has 7 nitrogen and oxygen atoms in total. The lowest BCUT2D eigenvalue weighted by Crippen LogP contribution is -2.32. The molecule has 0 heterocycles. The predicted molar refractivity (Wildman–Crippen MR) is 85.7 cm³/mol. The van der Waals surface area contributed by atoms with Crippen molar-refractivity contribution in [1.29, 1.82) is 0 Å². The second-order valence-corrected chi connectivity index (χ2v) is 7.33. The molecule has 0 spiro atoms. The predicted octanol–water partition coefficient (Wildman–Crippen LogP) is 1.19. The maximum atomic E-state index is 12.8. The largest absolute Gasteiger partial charge is 0.504 e. The van der Waals surface area contributed by atoms with Gasteiger partial charge in [0.15, 0.2) is 11.5 Å². The number of rotatable bonds is 5. The zero-order chi connectivity index (χ0) is 18.1. The molecular formula is C16H17NO6S. The Bertz CT molecular complexity index is 874. The quantitative estimate of drug-likeness (QED) is 0.594. The topological polar surface area (TPSA) is 138 Å². The number of carboxylic acid groups (broad SMARTS) is 1. The van der Waals surface area contributed by atoms with E-state index in [9.17, 15) is 23.4 Å². The number of hydrogen-bond donors (Lipinski definition) is 4. The molecule has 2 aromatic carbocycles. The first-order valence-corrected chi connectivity index (χ1v) is 8.46. The van der Waals surface area contributed by atoms with E-state index >= 15 is 0 Å². The molecule has 0 aliphatic heterocycles. The first-order valence-electron chi connectivity index (χ1n) is 6.98. The number of phenols is 2. The fraction of sp³-hybridized carbons (Fsp3) is 0.188. The van der Waals surface area contributed by atoms with Crippen molar-refractivity contribution in [1.82, 2.24) is 0 Å². The van der Waals surface area contributed by atoms with Gasteiger partial charge in [0.2, 0.25) is 9.84 Å². The molecule has 0 fully saturated rings. The number of hydrogen-bond acceptors (Lipinski definition) is 6. The molecule has 0 amide bonds. The molecule has 0 aliphatic rings. The van der Waals surface area contributed by atoms with Crippen LogP contribution in [0.15, 0.2) is 46.2 Å². The van der Waals surface area contributed by atoms with Crippen LogP contribution in [0.4, 0.5) is 0 Å². The maximum Gasteiger partial charge on any atom is 0.320 e. The second-order valence-electron chi connectivity index (χ2n) is 5.41. The Morgan fingerprint density at radius 1 is 1.12 bits per heavy atom. The van der Waals surface area contributed by atoms with E-state index in [-0.39, 0.29) is 21.8 Å². The first-order chi connectivity index (χ1) is 11.1. The number of nitrogens with two attached hydrogens (primary N) is 1. The Kier molecular flexibility index (Phi) is 4.81. The summed E-state index contributed by atoms with van der Waals surface area (Å²) < 4.78 is 25.6. The average molecular weight is 351 g/mol. The van der Waals surface area contributed by atoms with Gasteiger partial charge in [-0.05, 0) is 37.1 Å². The summed E-state index contributed by atoms with van der Waals surface area (Å²) in [5.74, 6) is -2.47. The third kappa shape index (κ3) is 3.50. The highest BCUT2D eigenvalue weighted by Crippen LogP contribution is 2.34. The van der Waals surface area contributed by atoms with Gasteiger partial charge in [-0.15, -0.1) is 0 Å². The van der Waals surface area contributed by atoms with Gasteiger partial charge in [0.1, 0.15) is 6.04 Å². The van der Waals surface area contributed by atoms with Crippen LogP contribution in [0.5, 0.6) is 11.5 Å². The number of phenolic OH excluding ortho intramolecular Hbond substituents is 2. The molecule has 1 atom stereocenters. The molecule has 2 aromatic rings. The van der Waals surface area contributed by atoms with Gasteiger partial charge in [0.05, 0.1) is 9.79 Å². The molecule has 5 N–H and O–H groups in total. The lowest BCUT2D eigenvalue weighted by molar-refractivity contribution is -0.138. The van der Waals surface area contributed by atoms with E-state index in [4.69, 9.17) is 10.8 Å². The van der Waals surface area contributed by atoms with Crippen molar-refractivity contribution >= 4 is 15.8 Å². The third-order valence-corrected chi connectivity index (χ3v) is 5.39. The summed E-state index contributed by atoms with van der Waals surface area (Å²) in [5.41, 5.74) is 6.35. The molecule has 0 bridgehead atoms. The molecule has 128 valence electrons. The Balaban J connectivity index is 2.61. The number of aryl methyl sites for hydroxylation is 1. The smallest absolute Gasteiger partial charge is 0.320 e. The van der Waals surface area contributed by atoms with Crippen LogP contribution in [0.3, 0.4) is 0 Å². The summed E-state index contributed by atoms with van der Waals surface area (Å²) in [6.07, 6.45) is -0.316. The molecule has 0 radical (unpaired) electrons. The minimum Gasteiger partial charge on any atom is -0.504 e. The van der Waals surface area contributed by atoms with Crippen molar-refractivity contribution in [2.24, 2.45) is 5.73 Å². The molecule has 0 unspecified atom stereocenters. The zero-order valence-corrected chi connectivity index (χ0v) is 13.6. The van der Waals surface area contributed by atoms with Gasteiger partial charge in [-0.3, -0.25) is 4.79 Å². The van der Waals surface area contributed by atoms with Gasteiger partial charge in [-0.2, -0.15) is 0 Å². The number of sulfone groups is 1. The van der Waals surface area contributed by atoms with E-state index in [1.165, 1.54) is 12.1 Å². The van der Waals surface area contributed by atoms with Crippen molar-refractivity contribution in [3.8, 4) is 11.5 Å². The summed E-state index contributed by atoms with van der Waals surface area (Å²) >= 11 is 0. The Morgan fingerprint density at radius 3 is 2.21 bits per heavy atom. The number of benzene rings is 2. The minimum absolute atomic E-state index is 0.0108. The van der Waals surface area contributed by atoms with Crippen LogP contribution in [-0.2, 0) is 21.1 Å². The van der Waals surface area contributed by atoms with E-state index in [0.717, 1.165) is 17.7 Å². The van der Waals surface area contributed by atoms with Crippen molar-refractivity contribution < 1.29 is 28.5 Å². The van der Waals surface area contributed by atoms with Gasteiger partial charge in [0, 0.05) is 6.07 Å². The zero-order valence-electron chi connectivity index (χ0n) is 12.8. The fourth-order valence-corrected chi connectivity index (χ4v) is 3.68. The van der Waals surface area contributed by atoms with Crippen LogP contribution in [0.1, 0.15) is 11.1 Å². The highest BCUT2D eigenvalue weighted by molar-refractivity contribution is 7.91. The summed E-state index contributed by atoms with van der Waals surface area (Å²) in [5, 5.41) is 28.2. The van der Waals surface area contributed by atoms with Crippen LogP contribution in [-0.4, -0.2) is 35.7 Å². The van der Waals surface area contributed by atoms with E-state index in [1.807, 2.05) is 0 Å². The fourth-order valence-electron chi connectivity index (χ4n) is 2.18. The highest BCUT2D eigenvalue weighted by Gasteiger charge is 2.25. The van der Waals surface area contributed by atoms with Crippen LogP contribution in [0.25, 0.3) is 0 Å². The van der Waals surface area contributed by atoms with Crippen LogP contribution >= 0.6 is 0 Å². The summed E-state index contributed by atoms with van der Waals surface area (Å²) in [6, 6.07) is 6.63. The number of aromatic hydroxyl groups is 2. The minimum atomic E-state index is -4.02. The lowest BCUT2D eigenvalue weighted by Gasteiger charge is -2.14. The molecule has 2 rings (SSSR count). The van der Waals surface area contributed by atoms with Crippen molar-refractivity contribution in [3.63, 3.8) is 0 Å². The molecule has 0 saturated heterocycles. The van der Waals surface area contributed by atoms with Gasteiger partial charge in [-0.25, -0.2) is 8.42 Å². The van der Waals surface area contributed by atoms with Gasteiger partial charge in [-0.1, -0.05) is 17.7 Å². The number of aliphatic carboxylic acids is 1. The van der Waals surface area contributed by atoms with Crippen molar-refractivity contribution in [2.75, 3.05) is 0 Å². The molecule has 24 heavy (non-hydrogen) atoms. The summed E-state index contributed by atoms with van der Waals surface area (Å²) in [6.45, 7) is 1.81. The molecular weight excluding hydrogens is 334 g/mol. The molecule has 0 aliphatic carbocycles. The van der Waals surface area contributed by atoms with Crippen LogP contribution < -0.4 is 5.73 Å². The van der Waals surface area contributed by atoms with E-state index in [2.05, 4.69) is 0 Å². The normalized spacial score (nSPS) is 12.8. The third-order valence-electron chi connectivity index (χ3n) is 3.54. The lowest BCUT2D eigenvalue weighted by atomic mass is 10.1. The van der Waals surface area contributed by atoms with Gasteiger partial charge < -0.3 is 21.1 Å². The van der Waals surface area contributed by atoms with Crippen molar-refractivity contribution in [2.45, 2.75) is 29.2 Å². The van der Waals surface area contributed by atoms with Crippen molar-refractivity contribution in [3.05, 3.63) is 47.5 Å².